The largest absolute Gasteiger partial charge is 0.322 e. The molecule has 0 unspecified atom stereocenters. The number of carbonyl (C=O) groups excluding carboxylic acids is 2. The van der Waals surface area contributed by atoms with Gasteiger partial charge in [-0.1, -0.05) is 11.6 Å². The Balaban J connectivity index is 1.69. The van der Waals surface area contributed by atoms with Gasteiger partial charge in [0.25, 0.3) is 11.8 Å². The molecule has 116 valence electrons. The van der Waals surface area contributed by atoms with Crippen molar-refractivity contribution in [1.29, 1.82) is 0 Å². The number of benzene rings is 1. The van der Waals surface area contributed by atoms with Crippen LogP contribution >= 0.6 is 11.6 Å². The van der Waals surface area contributed by atoms with Crippen LogP contribution in [0.25, 0.3) is 0 Å². The highest BCUT2D eigenvalue weighted by Crippen LogP contribution is 2.13. The fourth-order valence-corrected chi connectivity index (χ4v) is 2.06. The lowest BCUT2D eigenvalue weighted by Crippen LogP contribution is -2.47. The lowest BCUT2D eigenvalue weighted by atomic mass is 10.1. The number of hydrogen-bond donors (Lipinski definition) is 3. The Morgan fingerprint density at radius 2 is 1.91 bits per heavy atom. The zero-order chi connectivity index (χ0) is 16.2. The Kier molecular flexibility index (Phi) is 4.20. The average molecular weight is 330 g/mol. The van der Waals surface area contributed by atoms with Gasteiger partial charge in [-0.25, -0.2) is 4.98 Å². The van der Waals surface area contributed by atoms with Crippen molar-refractivity contribution in [2.45, 2.75) is 0 Å². The van der Waals surface area contributed by atoms with Gasteiger partial charge in [-0.2, -0.15) is 0 Å². The molecule has 7 nitrogen and oxygen atoms in total. The van der Waals surface area contributed by atoms with Gasteiger partial charge < -0.3 is 5.32 Å². The van der Waals surface area contributed by atoms with Crippen molar-refractivity contribution < 1.29 is 9.59 Å². The van der Waals surface area contributed by atoms with Crippen LogP contribution < -0.4 is 16.2 Å². The topological polar surface area (TPSA) is 95.5 Å². The first-order valence-corrected chi connectivity index (χ1v) is 7.12. The standard InChI is InChI=1S/C15H12ClN5O2/c16-12-6-3-10(7-17-12)15(23)19-11-4-1-9(2-5-11)14-18-8-13(22)20-21-14/h1-7H,8H2,(H,18,21)(H,19,23)(H,20,22). The Labute approximate surface area is 136 Å². The number of nitrogens with one attached hydrogen (secondary N) is 3. The SMILES string of the molecule is O=C1CN=C(c2ccc(NC(=O)c3ccc(Cl)nc3)cc2)NN1. The first kappa shape index (κ1) is 15.0. The van der Waals surface area contributed by atoms with E-state index in [1.54, 1.807) is 36.4 Å². The number of pyridine rings is 1. The molecule has 0 fully saturated rings. The summed E-state index contributed by atoms with van der Waals surface area (Å²) in [4.78, 5) is 31.1. The summed E-state index contributed by atoms with van der Waals surface area (Å²) >= 11 is 5.69. The summed E-state index contributed by atoms with van der Waals surface area (Å²) in [5.74, 6) is 0.112. The zero-order valence-corrected chi connectivity index (χ0v) is 12.6. The second-order valence-electron chi connectivity index (χ2n) is 4.74. The molecule has 2 aromatic rings. The van der Waals surface area contributed by atoms with E-state index in [1.165, 1.54) is 6.20 Å². The number of aromatic nitrogens is 1. The summed E-state index contributed by atoms with van der Waals surface area (Å²) in [6.07, 6.45) is 1.41. The van der Waals surface area contributed by atoms with E-state index < -0.39 is 0 Å². The smallest absolute Gasteiger partial charge is 0.260 e. The average Bonchev–Trinajstić information content (AvgIpc) is 2.57. The van der Waals surface area contributed by atoms with Gasteiger partial charge in [0.15, 0.2) is 0 Å². The summed E-state index contributed by atoms with van der Waals surface area (Å²) in [6, 6.07) is 10.2. The number of carbonyl (C=O) groups is 2. The molecule has 0 atom stereocenters. The van der Waals surface area contributed by atoms with Gasteiger partial charge in [0, 0.05) is 17.4 Å². The van der Waals surface area contributed by atoms with Crippen LogP contribution in [0.15, 0.2) is 47.6 Å². The molecule has 1 aromatic heterocycles. The molecule has 3 rings (SSSR count). The van der Waals surface area contributed by atoms with Crippen LogP contribution in [0.1, 0.15) is 15.9 Å². The minimum absolute atomic E-state index is 0.0877. The third kappa shape index (κ3) is 3.64. The Hall–Kier alpha value is -2.93. The van der Waals surface area contributed by atoms with E-state index in [9.17, 15) is 9.59 Å². The Morgan fingerprint density at radius 3 is 2.52 bits per heavy atom. The molecular formula is C15H12ClN5O2. The highest BCUT2D eigenvalue weighted by molar-refractivity contribution is 6.29. The molecule has 8 heteroatoms. The number of aliphatic imine (C=N–C) groups is 1. The molecule has 0 saturated heterocycles. The van der Waals surface area contributed by atoms with E-state index >= 15 is 0 Å². The van der Waals surface area contributed by atoms with Crippen molar-refractivity contribution in [3.8, 4) is 0 Å². The zero-order valence-electron chi connectivity index (χ0n) is 11.8. The number of halogens is 1. The summed E-state index contributed by atoms with van der Waals surface area (Å²) in [7, 11) is 0. The van der Waals surface area contributed by atoms with Crippen LogP contribution in [-0.2, 0) is 4.79 Å². The fourth-order valence-electron chi connectivity index (χ4n) is 1.95. The van der Waals surface area contributed by atoms with Gasteiger partial charge in [-0.3, -0.25) is 25.4 Å². The highest BCUT2D eigenvalue weighted by atomic mass is 35.5. The molecule has 3 N–H and O–H groups in total. The highest BCUT2D eigenvalue weighted by Gasteiger charge is 2.12. The number of nitrogens with zero attached hydrogens (tertiary/aromatic N) is 2. The van der Waals surface area contributed by atoms with E-state index in [-0.39, 0.29) is 18.4 Å². The molecule has 0 radical (unpaired) electrons. The first-order valence-electron chi connectivity index (χ1n) is 6.74. The number of hydrazine groups is 1. The summed E-state index contributed by atoms with van der Waals surface area (Å²) in [5.41, 5.74) is 7.07. The Morgan fingerprint density at radius 1 is 1.13 bits per heavy atom. The molecule has 0 aliphatic carbocycles. The van der Waals surface area contributed by atoms with Gasteiger partial charge in [-0.15, -0.1) is 0 Å². The van der Waals surface area contributed by atoms with Crippen LogP contribution in [0, 0.1) is 0 Å². The van der Waals surface area contributed by atoms with E-state index in [4.69, 9.17) is 11.6 Å². The second kappa shape index (κ2) is 6.45. The molecular weight excluding hydrogens is 318 g/mol. The van der Waals surface area contributed by atoms with Crippen molar-refractivity contribution in [3.05, 3.63) is 58.9 Å². The van der Waals surface area contributed by atoms with Crippen molar-refractivity contribution in [2.75, 3.05) is 11.9 Å². The molecule has 0 saturated carbocycles. The molecule has 1 aliphatic rings. The molecule has 0 bridgehead atoms. The van der Waals surface area contributed by atoms with Gasteiger partial charge in [0.1, 0.15) is 17.5 Å². The van der Waals surface area contributed by atoms with Crippen molar-refractivity contribution >= 4 is 34.9 Å². The second-order valence-corrected chi connectivity index (χ2v) is 5.13. The molecule has 2 amide bonds. The van der Waals surface area contributed by atoms with Gasteiger partial charge in [0.2, 0.25) is 0 Å². The maximum Gasteiger partial charge on any atom is 0.260 e. The normalized spacial score (nSPS) is 13.6. The quantitative estimate of drug-likeness (QED) is 0.741. The minimum Gasteiger partial charge on any atom is -0.322 e. The maximum atomic E-state index is 12.1. The van der Waals surface area contributed by atoms with Crippen molar-refractivity contribution in [3.63, 3.8) is 0 Å². The van der Waals surface area contributed by atoms with Gasteiger partial charge >= 0.3 is 0 Å². The summed E-state index contributed by atoms with van der Waals surface area (Å²) < 4.78 is 0. The molecule has 0 spiro atoms. The minimum atomic E-state index is -0.276. The van der Waals surface area contributed by atoms with E-state index in [0.29, 0.717) is 22.2 Å². The summed E-state index contributed by atoms with van der Waals surface area (Å²) in [6.45, 7) is 0.0877. The third-order valence-electron chi connectivity index (χ3n) is 3.11. The van der Waals surface area contributed by atoms with Crippen LogP contribution in [0.5, 0.6) is 0 Å². The lowest BCUT2D eigenvalue weighted by Gasteiger charge is -2.15. The van der Waals surface area contributed by atoms with Crippen molar-refractivity contribution in [2.24, 2.45) is 4.99 Å². The predicted octanol–water partition coefficient (Wildman–Crippen LogP) is 1.37. The van der Waals surface area contributed by atoms with Crippen LogP contribution in [-0.4, -0.2) is 29.2 Å². The number of amidine groups is 1. The van der Waals surface area contributed by atoms with E-state index in [2.05, 4.69) is 26.1 Å². The molecule has 1 aliphatic heterocycles. The monoisotopic (exact) mass is 329 g/mol. The molecule has 2 heterocycles. The Bertz CT molecular complexity index is 771. The number of rotatable bonds is 3. The summed E-state index contributed by atoms with van der Waals surface area (Å²) in [5, 5.41) is 3.10. The van der Waals surface area contributed by atoms with Gasteiger partial charge in [0.05, 0.1) is 5.56 Å². The van der Waals surface area contributed by atoms with Crippen LogP contribution in [0.3, 0.4) is 0 Å². The number of anilines is 1. The molecule has 1 aromatic carbocycles. The predicted molar refractivity (Wildman–Crippen MR) is 86.3 cm³/mol. The van der Waals surface area contributed by atoms with E-state index in [0.717, 1.165) is 5.56 Å². The number of hydrogen-bond acceptors (Lipinski definition) is 5. The first-order chi connectivity index (χ1) is 11.1. The van der Waals surface area contributed by atoms with Crippen molar-refractivity contribution in [1.82, 2.24) is 15.8 Å². The lowest BCUT2D eigenvalue weighted by molar-refractivity contribution is -0.120. The molecule has 23 heavy (non-hydrogen) atoms. The van der Waals surface area contributed by atoms with Crippen LogP contribution in [0.2, 0.25) is 5.15 Å². The van der Waals surface area contributed by atoms with Gasteiger partial charge in [-0.05, 0) is 36.4 Å². The third-order valence-corrected chi connectivity index (χ3v) is 3.33. The number of amides is 2. The van der Waals surface area contributed by atoms with E-state index in [1.807, 2.05) is 0 Å². The fraction of sp³-hybridized carbons (Fsp3) is 0.0667. The maximum absolute atomic E-state index is 12.1. The van der Waals surface area contributed by atoms with Crippen LogP contribution in [0.4, 0.5) is 5.69 Å².